The Morgan fingerprint density at radius 2 is 1.51 bits per heavy atom. The van der Waals surface area contributed by atoms with Gasteiger partial charge in [-0.3, -0.25) is 24.5 Å². The van der Waals surface area contributed by atoms with E-state index >= 15 is 0 Å². The smallest absolute Gasteiger partial charge is 0.272 e. The van der Waals surface area contributed by atoms with Gasteiger partial charge < -0.3 is 16.0 Å². The Bertz CT molecular complexity index is 2060. The first kappa shape index (κ1) is 34.9. The first-order chi connectivity index (χ1) is 23.6. The highest BCUT2D eigenvalue weighted by molar-refractivity contribution is 8.00. The number of nitrogens with zero attached hydrogens (tertiary/aromatic N) is 1. The molecule has 0 aromatic heterocycles. The van der Waals surface area contributed by atoms with Crippen molar-refractivity contribution < 1.29 is 19.3 Å². The minimum atomic E-state index is -0.753. The Morgan fingerprint density at radius 3 is 2.22 bits per heavy atom. The highest BCUT2D eigenvalue weighted by atomic mass is 35.5. The predicted molar refractivity (Wildman–Crippen MR) is 195 cm³/mol. The topological polar surface area (TPSA) is 130 Å². The number of nitrogens with one attached hydrogen (secondary N) is 3. The predicted octanol–water partition coefficient (Wildman–Crippen LogP) is 9.09. The third-order valence-electron chi connectivity index (χ3n) is 7.19. The molecule has 49 heavy (non-hydrogen) atoms. The molecule has 1 unspecified atom stereocenters. The highest BCUT2D eigenvalue weighted by Gasteiger charge is 2.24. The van der Waals surface area contributed by atoms with Crippen LogP contribution in [0, 0.1) is 17.0 Å². The van der Waals surface area contributed by atoms with Gasteiger partial charge in [0.15, 0.2) is 0 Å². The highest BCUT2D eigenvalue weighted by Crippen LogP contribution is 2.38. The van der Waals surface area contributed by atoms with E-state index in [1.807, 2.05) is 30.3 Å². The van der Waals surface area contributed by atoms with E-state index in [4.69, 9.17) is 23.2 Å². The lowest BCUT2D eigenvalue weighted by atomic mass is 10.1. The van der Waals surface area contributed by atoms with Crippen LogP contribution in [0.25, 0.3) is 6.08 Å². The number of halogens is 2. The van der Waals surface area contributed by atoms with E-state index < -0.39 is 22.0 Å². The summed E-state index contributed by atoms with van der Waals surface area (Å²) in [6.45, 7) is 1.75. The molecule has 0 saturated heterocycles. The Kier molecular flexibility index (Phi) is 11.5. The molecule has 9 nitrogen and oxygen atoms in total. The normalized spacial score (nSPS) is 11.7. The maximum absolute atomic E-state index is 13.7. The van der Waals surface area contributed by atoms with Crippen LogP contribution in [0.5, 0.6) is 0 Å². The number of amides is 3. The van der Waals surface area contributed by atoms with Crippen LogP contribution < -0.4 is 16.0 Å². The van der Waals surface area contributed by atoms with Crippen LogP contribution in [0.4, 0.5) is 17.1 Å². The molecule has 0 radical (unpaired) electrons. The summed E-state index contributed by atoms with van der Waals surface area (Å²) in [5.74, 6) is -1.51. The number of nitro benzene ring substituents is 1. The summed E-state index contributed by atoms with van der Waals surface area (Å²) in [5, 5.41) is 19.5. The molecule has 0 heterocycles. The summed E-state index contributed by atoms with van der Waals surface area (Å²) < 4.78 is 0. The average molecular weight is 712 g/mol. The lowest BCUT2D eigenvalue weighted by Gasteiger charge is -2.18. The van der Waals surface area contributed by atoms with Crippen molar-refractivity contribution in [1.29, 1.82) is 0 Å². The van der Waals surface area contributed by atoms with E-state index in [2.05, 4.69) is 16.0 Å². The quantitative estimate of drug-likeness (QED) is 0.0543. The molecule has 3 amide bonds. The third kappa shape index (κ3) is 9.14. The fourth-order valence-electron chi connectivity index (χ4n) is 4.67. The summed E-state index contributed by atoms with van der Waals surface area (Å²) in [6.07, 6.45) is 1.44. The molecule has 0 fully saturated rings. The van der Waals surface area contributed by atoms with Crippen LogP contribution in [0.2, 0.25) is 10.0 Å². The first-order valence-electron chi connectivity index (χ1n) is 14.8. The zero-order valence-electron chi connectivity index (χ0n) is 25.9. The van der Waals surface area contributed by atoms with Crippen molar-refractivity contribution in [2.24, 2.45) is 0 Å². The fourth-order valence-corrected chi connectivity index (χ4v) is 6.11. The van der Waals surface area contributed by atoms with Gasteiger partial charge in [0.1, 0.15) is 10.9 Å². The molecule has 0 saturated carbocycles. The summed E-state index contributed by atoms with van der Waals surface area (Å²) in [6, 6.07) is 33.7. The molecule has 0 aliphatic carbocycles. The van der Waals surface area contributed by atoms with Gasteiger partial charge in [0.2, 0.25) is 5.91 Å². The van der Waals surface area contributed by atoms with Crippen molar-refractivity contribution in [3.8, 4) is 0 Å². The van der Waals surface area contributed by atoms with Crippen LogP contribution in [0.3, 0.4) is 0 Å². The van der Waals surface area contributed by atoms with Crippen LogP contribution in [-0.4, -0.2) is 22.6 Å². The minimum Gasteiger partial charge on any atom is -0.324 e. The zero-order valence-corrected chi connectivity index (χ0v) is 28.2. The van der Waals surface area contributed by atoms with Crippen LogP contribution in [0.15, 0.2) is 132 Å². The number of thioether (sulfide) groups is 1. The van der Waals surface area contributed by atoms with Crippen molar-refractivity contribution in [2.45, 2.75) is 17.1 Å². The number of nitro groups is 1. The summed E-state index contributed by atoms with van der Waals surface area (Å²) in [4.78, 5) is 51.9. The molecular weight excluding hydrogens is 683 g/mol. The number of hydrogen-bond acceptors (Lipinski definition) is 6. The molecule has 5 aromatic carbocycles. The van der Waals surface area contributed by atoms with Gasteiger partial charge >= 0.3 is 0 Å². The van der Waals surface area contributed by atoms with Gasteiger partial charge in [-0.1, -0.05) is 96.0 Å². The van der Waals surface area contributed by atoms with Gasteiger partial charge in [0.05, 0.1) is 20.7 Å². The van der Waals surface area contributed by atoms with E-state index in [0.29, 0.717) is 38.5 Å². The van der Waals surface area contributed by atoms with Gasteiger partial charge in [-0.2, -0.15) is 0 Å². The first-order valence-corrected chi connectivity index (χ1v) is 16.4. The summed E-state index contributed by atoms with van der Waals surface area (Å²) in [7, 11) is 0. The zero-order chi connectivity index (χ0) is 34.9. The largest absolute Gasteiger partial charge is 0.324 e. The van der Waals surface area contributed by atoms with Crippen molar-refractivity contribution in [1.82, 2.24) is 5.32 Å². The second-order valence-electron chi connectivity index (χ2n) is 10.7. The van der Waals surface area contributed by atoms with E-state index in [-0.39, 0.29) is 27.3 Å². The lowest BCUT2D eigenvalue weighted by Crippen LogP contribution is -2.30. The third-order valence-corrected chi connectivity index (χ3v) is 9.27. The number of carbonyl (C=O) groups is 3. The monoisotopic (exact) mass is 710 g/mol. The molecule has 5 aromatic rings. The fraction of sp³-hybridized carbons (Fsp3) is 0.0541. The van der Waals surface area contributed by atoms with Crippen molar-refractivity contribution in [3.63, 3.8) is 0 Å². The van der Waals surface area contributed by atoms with Crippen LogP contribution in [-0.2, 0) is 9.59 Å². The summed E-state index contributed by atoms with van der Waals surface area (Å²) >= 11 is 13.8. The van der Waals surface area contributed by atoms with Crippen molar-refractivity contribution in [2.75, 3.05) is 10.6 Å². The molecule has 0 bridgehead atoms. The number of carbonyl (C=O) groups excluding carboxylic acids is 3. The maximum Gasteiger partial charge on any atom is 0.272 e. The van der Waals surface area contributed by atoms with Crippen LogP contribution in [0.1, 0.15) is 32.3 Å². The number of non-ortho nitro benzene ring substituents is 1. The van der Waals surface area contributed by atoms with Crippen LogP contribution >= 0.6 is 35.0 Å². The van der Waals surface area contributed by atoms with E-state index in [1.165, 1.54) is 30.0 Å². The molecule has 0 spiro atoms. The summed E-state index contributed by atoms with van der Waals surface area (Å²) in [5.41, 5.74) is 2.66. The Labute approximate surface area is 296 Å². The molecule has 12 heteroatoms. The Hall–Kier alpha value is -5.42. The SMILES string of the molecule is Cc1ccc([N+](=O)[O-])cc1NC(=O)C(Sc1cccc(NC(=O)/C(=C\c2cccc(Cl)c2Cl)NC(=O)c2ccccc2)c1)c1ccccc1. The molecule has 0 aliphatic heterocycles. The maximum atomic E-state index is 13.7. The Morgan fingerprint density at radius 1 is 0.816 bits per heavy atom. The van der Waals surface area contributed by atoms with Gasteiger partial charge in [-0.05, 0) is 66.1 Å². The lowest BCUT2D eigenvalue weighted by molar-refractivity contribution is -0.384. The molecule has 3 N–H and O–H groups in total. The second-order valence-corrected chi connectivity index (χ2v) is 12.6. The second kappa shape index (κ2) is 16.1. The van der Waals surface area contributed by atoms with Gasteiger partial charge in [0.25, 0.3) is 17.5 Å². The standard InChI is InChI=1S/C37H28Cl2N4O5S/c1-23-18-19-28(43(47)48)22-31(23)41-37(46)34(24-10-4-2-5-11-24)49-29-16-9-15-27(21-29)40-36(45)32(20-26-14-8-17-30(38)33(26)39)42-35(44)25-12-6-3-7-13-25/h2-22,34H,1H3,(H,40,45)(H,41,46)(H,42,44)/b32-20+. The number of hydrogen-bond donors (Lipinski definition) is 3. The van der Waals surface area contributed by atoms with E-state index in [9.17, 15) is 24.5 Å². The number of aryl methyl sites for hydroxylation is 1. The number of anilines is 2. The number of rotatable bonds is 11. The average Bonchev–Trinajstić information content (AvgIpc) is 3.10. The van der Waals surface area contributed by atoms with Crippen molar-refractivity contribution in [3.05, 3.63) is 169 Å². The molecule has 0 aliphatic rings. The van der Waals surface area contributed by atoms with Gasteiger partial charge in [-0.25, -0.2) is 0 Å². The van der Waals surface area contributed by atoms with Gasteiger partial charge in [-0.15, -0.1) is 11.8 Å². The molecule has 1 atom stereocenters. The van der Waals surface area contributed by atoms with E-state index in [0.717, 1.165) is 0 Å². The Balaban J connectivity index is 1.40. The molecule has 246 valence electrons. The molecular formula is C37H28Cl2N4O5S. The number of benzene rings is 5. The van der Waals surface area contributed by atoms with Gasteiger partial charge in [0, 0.05) is 28.3 Å². The van der Waals surface area contributed by atoms with E-state index in [1.54, 1.807) is 85.8 Å². The van der Waals surface area contributed by atoms with Crippen molar-refractivity contribution >= 4 is 75.8 Å². The minimum absolute atomic E-state index is 0.0788. The molecule has 5 rings (SSSR count).